The van der Waals surface area contributed by atoms with Crippen LogP contribution in [0.4, 0.5) is 11.6 Å². The number of nitrogens with zero attached hydrogens (tertiary/aromatic N) is 5. The maximum atomic E-state index is 12.5. The molecule has 0 radical (unpaired) electrons. The van der Waals surface area contributed by atoms with Crippen LogP contribution in [0, 0.1) is 11.8 Å². The fourth-order valence-electron chi connectivity index (χ4n) is 4.09. The summed E-state index contributed by atoms with van der Waals surface area (Å²) in [5, 5.41) is 12.0. The van der Waals surface area contributed by atoms with E-state index in [0.29, 0.717) is 6.54 Å². The van der Waals surface area contributed by atoms with Gasteiger partial charge in [0.2, 0.25) is 5.91 Å². The predicted molar refractivity (Wildman–Crippen MR) is 114 cm³/mol. The Morgan fingerprint density at radius 1 is 0.966 bits per heavy atom. The van der Waals surface area contributed by atoms with E-state index in [1.807, 2.05) is 18.2 Å². The molecule has 2 aliphatic heterocycles. The van der Waals surface area contributed by atoms with Gasteiger partial charge < -0.3 is 15.1 Å². The summed E-state index contributed by atoms with van der Waals surface area (Å²) in [5.74, 6) is 2.87. The van der Waals surface area contributed by atoms with E-state index in [1.54, 1.807) is 6.20 Å². The van der Waals surface area contributed by atoms with E-state index in [-0.39, 0.29) is 11.8 Å². The van der Waals surface area contributed by atoms with Crippen LogP contribution < -0.4 is 15.1 Å². The number of rotatable bonds is 5. The van der Waals surface area contributed by atoms with Crippen molar-refractivity contribution < 1.29 is 4.79 Å². The van der Waals surface area contributed by atoms with Crippen molar-refractivity contribution in [2.24, 2.45) is 11.8 Å². The van der Waals surface area contributed by atoms with Crippen molar-refractivity contribution in [1.82, 2.24) is 20.5 Å². The standard InChI is InChI=1S/C22H30N6O/c1-17-7-12-27(13-8-17)20-5-6-21(26-25-20)28-14-9-18(10-15-28)22(29)24-16-19-4-2-3-11-23-19/h2-6,11,17-18H,7-10,12-16H2,1H3,(H,24,29). The lowest BCUT2D eigenvalue weighted by Crippen LogP contribution is -2.41. The highest BCUT2D eigenvalue weighted by Gasteiger charge is 2.26. The number of carbonyl (C=O) groups excluding carboxylic acids is 1. The first kappa shape index (κ1) is 19.6. The molecule has 7 nitrogen and oxygen atoms in total. The van der Waals surface area contributed by atoms with Crippen LogP contribution in [0.3, 0.4) is 0 Å². The van der Waals surface area contributed by atoms with Crippen molar-refractivity contribution in [2.75, 3.05) is 36.0 Å². The van der Waals surface area contributed by atoms with E-state index in [2.05, 4.69) is 49.4 Å². The molecule has 2 aromatic heterocycles. The summed E-state index contributed by atoms with van der Waals surface area (Å²) in [5.41, 5.74) is 0.886. The molecule has 4 heterocycles. The van der Waals surface area contributed by atoms with Gasteiger partial charge in [-0.05, 0) is 55.9 Å². The normalized spacial score (nSPS) is 18.7. The Morgan fingerprint density at radius 3 is 2.14 bits per heavy atom. The van der Waals surface area contributed by atoms with Crippen LogP contribution in [0.5, 0.6) is 0 Å². The first-order chi connectivity index (χ1) is 14.2. The molecule has 154 valence electrons. The number of aromatic nitrogens is 3. The Labute approximate surface area is 172 Å². The van der Waals surface area contributed by atoms with Gasteiger partial charge in [0.05, 0.1) is 12.2 Å². The van der Waals surface area contributed by atoms with Gasteiger partial charge in [0.1, 0.15) is 0 Å². The van der Waals surface area contributed by atoms with Crippen molar-refractivity contribution in [2.45, 2.75) is 39.2 Å². The average molecular weight is 395 g/mol. The van der Waals surface area contributed by atoms with Crippen molar-refractivity contribution in [1.29, 1.82) is 0 Å². The Bertz CT molecular complexity index is 781. The number of hydrogen-bond acceptors (Lipinski definition) is 6. The van der Waals surface area contributed by atoms with E-state index in [1.165, 1.54) is 12.8 Å². The first-order valence-electron chi connectivity index (χ1n) is 10.7. The van der Waals surface area contributed by atoms with E-state index < -0.39 is 0 Å². The molecule has 1 N–H and O–H groups in total. The SMILES string of the molecule is CC1CCN(c2ccc(N3CCC(C(=O)NCc4ccccn4)CC3)nn2)CC1. The molecule has 1 amide bonds. The van der Waals surface area contributed by atoms with Gasteiger partial charge in [-0.25, -0.2) is 0 Å². The summed E-state index contributed by atoms with van der Waals surface area (Å²) in [6.45, 7) is 6.59. The highest BCUT2D eigenvalue weighted by molar-refractivity contribution is 5.78. The zero-order valence-electron chi connectivity index (χ0n) is 17.1. The second-order valence-electron chi connectivity index (χ2n) is 8.22. The minimum absolute atomic E-state index is 0.0533. The minimum atomic E-state index is 0.0533. The Hall–Kier alpha value is -2.70. The van der Waals surface area contributed by atoms with E-state index in [9.17, 15) is 4.79 Å². The van der Waals surface area contributed by atoms with Crippen LogP contribution >= 0.6 is 0 Å². The number of piperidine rings is 2. The first-order valence-corrected chi connectivity index (χ1v) is 10.7. The van der Waals surface area contributed by atoms with Crippen molar-refractivity contribution in [3.05, 3.63) is 42.2 Å². The molecule has 29 heavy (non-hydrogen) atoms. The molecule has 0 aliphatic carbocycles. The zero-order chi connectivity index (χ0) is 20.1. The third-order valence-corrected chi connectivity index (χ3v) is 6.10. The van der Waals surface area contributed by atoms with E-state index >= 15 is 0 Å². The van der Waals surface area contributed by atoms with Crippen LogP contribution in [-0.4, -0.2) is 47.3 Å². The fraction of sp³-hybridized carbons (Fsp3) is 0.545. The number of carbonyl (C=O) groups is 1. The third-order valence-electron chi connectivity index (χ3n) is 6.10. The molecule has 4 rings (SSSR count). The van der Waals surface area contributed by atoms with Gasteiger partial charge in [0.15, 0.2) is 11.6 Å². The topological polar surface area (TPSA) is 74.2 Å². The van der Waals surface area contributed by atoms with E-state index in [0.717, 1.165) is 62.3 Å². The van der Waals surface area contributed by atoms with Crippen molar-refractivity contribution in [3.8, 4) is 0 Å². The Kier molecular flexibility index (Phi) is 6.22. The number of pyridine rings is 1. The van der Waals surface area contributed by atoms with Gasteiger partial charge in [-0.15, -0.1) is 10.2 Å². The quantitative estimate of drug-likeness (QED) is 0.840. The maximum absolute atomic E-state index is 12.5. The zero-order valence-corrected chi connectivity index (χ0v) is 17.1. The Balaban J connectivity index is 1.25. The molecular weight excluding hydrogens is 364 g/mol. The van der Waals surface area contributed by atoms with Crippen LogP contribution in [0.2, 0.25) is 0 Å². The molecule has 2 aliphatic rings. The second-order valence-corrected chi connectivity index (χ2v) is 8.22. The average Bonchev–Trinajstić information content (AvgIpc) is 2.79. The number of nitrogens with one attached hydrogen (secondary N) is 1. The monoisotopic (exact) mass is 394 g/mol. The van der Waals surface area contributed by atoms with Crippen LogP contribution in [0.1, 0.15) is 38.3 Å². The molecule has 2 saturated heterocycles. The second kappa shape index (κ2) is 9.20. The molecule has 2 fully saturated rings. The molecule has 0 saturated carbocycles. The lowest BCUT2D eigenvalue weighted by atomic mass is 9.96. The summed E-state index contributed by atoms with van der Waals surface area (Å²) in [6, 6.07) is 9.90. The van der Waals surface area contributed by atoms with Crippen molar-refractivity contribution in [3.63, 3.8) is 0 Å². The number of amides is 1. The minimum Gasteiger partial charge on any atom is -0.355 e. The number of hydrogen-bond donors (Lipinski definition) is 1. The number of anilines is 2. The van der Waals surface area contributed by atoms with Gasteiger partial charge >= 0.3 is 0 Å². The molecule has 0 spiro atoms. The summed E-state index contributed by atoms with van der Waals surface area (Å²) < 4.78 is 0. The summed E-state index contributed by atoms with van der Waals surface area (Å²) in [7, 11) is 0. The third kappa shape index (κ3) is 5.02. The predicted octanol–water partition coefficient (Wildman–Crippen LogP) is 2.64. The Morgan fingerprint density at radius 2 is 1.59 bits per heavy atom. The largest absolute Gasteiger partial charge is 0.355 e. The van der Waals surface area contributed by atoms with Crippen LogP contribution in [-0.2, 0) is 11.3 Å². The van der Waals surface area contributed by atoms with Gasteiger partial charge in [-0.2, -0.15) is 0 Å². The lowest BCUT2D eigenvalue weighted by molar-refractivity contribution is -0.125. The smallest absolute Gasteiger partial charge is 0.223 e. The molecule has 7 heteroatoms. The van der Waals surface area contributed by atoms with Gasteiger partial charge in [0, 0.05) is 38.3 Å². The molecule has 2 aromatic rings. The molecule has 0 unspecified atom stereocenters. The van der Waals surface area contributed by atoms with Crippen LogP contribution in [0.15, 0.2) is 36.5 Å². The van der Waals surface area contributed by atoms with Crippen molar-refractivity contribution >= 4 is 17.5 Å². The highest BCUT2D eigenvalue weighted by Crippen LogP contribution is 2.24. The highest BCUT2D eigenvalue weighted by atomic mass is 16.1. The van der Waals surface area contributed by atoms with E-state index in [4.69, 9.17) is 0 Å². The lowest BCUT2D eigenvalue weighted by Gasteiger charge is -2.33. The van der Waals surface area contributed by atoms with Gasteiger partial charge in [-0.1, -0.05) is 13.0 Å². The summed E-state index contributed by atoms with van der Waals surface area (Å²) in [4.78, 5) is 21.3. The summed E-state index contributed by atoms with van der Waals surface area (Å²) in [6.07, 6.45) is 5.86. The molecule has 0 aromatic carbocycles. The molecule has 0 atom stereocenters. The van der Waals surface area contributed by atoms with Gasteiger partial charge in [0.25, 0.3) is 0 Å². The maximum Gasteiger partial charge on any atom is 0.223 e. The summed E-state index contributed by atoms with van der Waals surface area (Å²) >= 11 is 0. The van der Waals surface area contributed by atoms with Gasteiger partial charge in [-0.3, -0.25) is 9.78 Å². The molecular formula is C22H30N6O. The van der Waals surface area contributed by atoms with Crippen LogP contribution in [0.25, 0.3) is 0 Å². The molecule has 0 bridgehead atoms. The fourth-order valence-corrected chi connectivity index (χ4v) is 4.09.